The van der Waals surface area contributed by atoms with Gasteiger partial charge in [-0.05, 0) is 24.0 Å². The first-order chi connectivity index (χ1) is 9.58. The van der Waals surface area contributed by atoms with Gasteiger partial charge in [0.25, 0.3) is 0 Å². The van der Waals surface area contributed by atoms with Crippen molar-refractivity contribution in [2.24, 2.45) is 11.8 Å². The van der Waals surface area contributed by atoms with Gasteiger partial charge in [-0.2, -0.15) is 24.4 Å². The number of hydrogen-bond donors (Lipinski definition) is 3. The van der Waals surface area contributed by atoms with E-state index in [2.05, 4.69) is 17.9 Å². The van der Waals surface area contributed by atoms with E-state index in [1.54, 1.807) is 11.8 Å². The van der Waals surface area contributed by atoms with E-state index in [9.17, 15) is 9.90 Å². The van der Waals surface area contributed by atoms with E-state index >= 15 is 0 Å². The molecular formula is C15H23NO2S2. The number of aliphatic hydroxyl groups excluding tert-OH is 1. The lowest BCUT2D eigenvalue weighted by Crippen LogP contribution is -2.44. The van der Waals surface area contributed by atoms with Crippen LogP contribution in [-0.4, -0.2) is 35.0 Å². The number of nitrogens with one attached hydrogen (secondary N) is 1. The van der Waals surface area contributed by atoms with Gasteiger partial charge in [0.2, 0.25) is 5.91 Å². The monoisotopic (exact) mass is 313 g/mol. The molecule has 0 aliphatic rings. The van der Waals surface area contributed by atoms with Crippen LogP contribution in [0.25, 0.3) is 0 Å². The highest BCUT2D eigenvalue weighted by Crippen LogP contribution is 2.13. The smallest absolute Gasteiger partial charge is 0.226 e. The fourth-order valence-corrected chi connectivity index (χ4v) is 2.90. The van der Waals surface area contributed by atoms with Gasteiger partial charge in [0.05, 0.1) is 5.92 Å². The quantitative estimate of drug-likeness (QED) is 0.509. The van der Waals surface area contributed by atoms with Crippen molar-refractivity contribution in [2.75, 3.05) is 17.8 Å². The van der Waals surface area contributed by atoms with E-state index in [0.717, 1.165) is 11.3 Å². The van der Waals surface area contributed by atoms with Gasteiger partial charge in [-0.15, -0.1) is 0 Å². The Hall–Kier alpha value is -0.650. The molecule has 1 amide bonds. The van der Waals surface area contributed by atoms with Crippen LogP contribution in [0.15, 0.2) is 30.3 Å². The van der Waals surface area contributed by atoms with Crippen molar-refractivity contribution < 1.29 is 9.90 Å². The second kappa shape index (κ2) is 9.32. The second-order valence-electron chi connectivity index (χ2n) is 4.96. The summed E-state index contributed by atoms with van der Waals surface area (Å²) in [5.74, 6) is 0.947. The van der Waals surface area contributed by atoms with Crippen molar-refractivity contribution >= 4 is 30.3 Å². The van der Waals surface area contributed by atoms with Gasteiger partial charge in [-0.3, -0.25) is 4.79 Å². The van der Waals surface area contributed by atoms with Gasteiger partial charge in [0.1, 0.15) is 6.23 Å². The molecule has 0 heterocycles. The number of thiol groups is 1. The van der Waals surface area contributed by atoms with E-state index in [1.807, 2.05) is 43.5 Å². The van der Waals surface area contributed by atoms with Crippen LogP contribution in [0.1, 0.15) is 12.5 Å². The van der Waals surface area contributed by atoms with Gasteiger partial charge < -0.3 is 10.4 Å². The molecule has 0 saturated heterocycles. The molecule has 1 aromatic carbocycles. The lowest BCUT2D eigenvalue weighted by Gasteiger charge is -2.22. The standard InChI is InChI=1S/C15H23NO2S2/c1-11(10-20-2)14(17)16-15(18)13(9-19)8-12-6-4-3-5-7-12/h3-7,11,13-14,17,19H,8-10H2,1-2H3,(H,16,18)/t11-,13-,14?/m1/s1. The molecule has 0 aliphatic heterocycles. The van der Waals surface area contributed by atoms with Crippen LogP contribution in [0.5, 0.6) is 0 Å². The largest absolute Gasteiger partial charge is 0.373 e. The molecule has 1 unspecified atom stereocenters. The Morgan fingerprint density at radius 3 is 2.60 bits per heavy atom. The summed E-state index contributed by atoms with van der Waals surface area (Å²) in [7, 11) is 0. The molecule has 1 aromatic rings. The molecule has 0 aromatic heterocycles. The number of benzene rings is 1. The number of rotatable bonds is 8. The molecule has 3 atom stereocenters. The maximum Gasteiger partial charge on any atom is 0.226 e. The summed E-state index contributed by atoms with van der Waals surface area (Å²) in [6.07, 6.45) is 1.82. The third kappa shape index (κ3) is 5.77. The van der Waals surface area contributed by atoms with Gasteiger partial charge in [0.15, 0.2) is 0 Å². The number of hydrogen-bond acceptors (Lipinski definition) is 4. The molecule has 0 fully saturated rings. The minimum Gasteiger partial charge on any atom is -0.373 e. The van der Waals surface area contributed by atoms with E-state index in [1.165, 1.54) is 0 Å². The summed E-state index contributed by atoms with van der Waals surface area (Å²) < 4.78 is 0. The van der Waals surface area contributed by atoms with E-state index in [0.29, 0.717) is 12.2 Å². The SMILES string of the molecule is CSC[C@@H](C)C(O)NC(=O)[C@@H](CS)Cc1ccccc1. The van der Waals surface area contributed by atoms with E-state index in [-0.39, 0.29) is 17.7 Å². The molecule has 1 rings (SSSR count). The Labute approximate surface area is 130 Å². The lowest BCUT2D eigenvalue weighted by molar-refractivity contribution is -0.128. The first-order valence-corrected chi connectivity index (χ1v) is 8.73. The molecular weight excluding hydrogens is 290 g/mol. The fourth-order valence-electron chi connectivity index (χ4n) is 1.90. The average molecular weight is 313 g/mol. The van der Waals surface area contributed by atoms with Crippen molar-refractivity contribution in [3.8, 4) is 0 Å². The Bertz CT molecular complexity index is 400. The molecule has 0 saturated carbocycles. The Morgan fingerprint density at radius 1 is 1.40 bits per heavy atom. The van der Waals surface area contributed by atoms with Crippen molar-refractivity contribution in [1.82, 2.24) is 5.32 Å². The molecule has 20 heavy (non-hydrogen) atoms. The molecule has 0 aliphatic carbocycles. The summed E-state index contributed by atoms with van der Waals surface area (Å²) in [5.41, 5.74) is 1.10. The van der Waals surface area contributed by atoms with Crippen LogP contribution in [0, 0.1) is 11.8 Å². The zero-order chi connectivity index (χ0) is 15.0. The van der Waals surface area contributed by atoms with Crippen LogP contribution in [0.3, 0.4) is 0 Å². The average Bonchev–Trinajstić information content (AvgIpc) is 2.45. The van der Waals surface area contributed by atoms with E-state index in [4.69, 9.17) is 0 Å². The first kappa shape index (κ1) is 17.4. The van der Waals surface area contributed by atoms with Crippen molar-refractivity contribution in [2.45, 2.75) is 19.6 Å². The van der Waals surface area contributed by atoms with Gasteiger partial charge in [-0.25, -0.2) is 0 Å². The molecule has 0 bridgehead atoms. The molecule has 2 N–H and O–H groups in total. The maximum atomic E-state index is 12.2. The van der Waals surface area contributed by atoms with Crippen molar-refractivity contribution in [3.05, 3.63) is 35.9 Å². The van der Waals surface area contributed by atoms with Gasteiger partial charge in [-0.1, -0.05) is 37.3 Å². The predicted octanol–water partition coefficient (Wildman–Crippen LogP) is 2.21. The number of amides is 1. The highest BCUT2D eigenvalue weighted by Gasteiger charge is 2.22. The number of aliphatic hydroxyl groups is 1. The lowest BCUT2D eigenvalue weighted by atomic mass is 10.00. The minimum absolute atomic E-state index is 0.0336. The summed E-state index contributed by atoms with van der Waals surface area (Å²) >= 11 is 5.91. The third-order valence-corrected chi connectivity index (χ3v) is 4.47. The second-order valence-corrected chi connectivity index (χ2v) is 6.23. The zero-order valence-corrected chi connectivity index (χ0v) is 13.7. The van der Waals surface area contributed by atoms with Gasteiger partial charge in [0, 0.05) is 11.7 Å². The molecule has 3 nitrogen and oxygen atoms in total. The fraction of sp³-hybridized carbons (Fsp3) is 0.533. The molecule has 112 valence electrons. The summed E-state index contributed by atoms with van der Waals surface area (Å²) in [6.45, 7) is 1.92. The summed E-state index contributed by atoms with van der Waals surface area (Å²) in [4.78, 5) is 12.2. The van der Waals surface area contributed by atoms with Crippen molar-refractivity contribution in [1.29, 1.82) is 0 Å². The molecule has 0 radical (unpaired) electrons. The number of carbonyl (C=O) groups is 1. The zero-order valence-electron chi connectivity index (χ0n) is 12.0. The van der Waals surface area contributed by atoms with Crippen LogP contribution in [0.2, 0.25) is 0 Å². The highest BCUT2D eigenvalue weighted by molar-refractivity contribution is 7.98. The van der Waals surface area contributed by atoms with Crippen LogP contribution in [0.4, 0.5) is 0 Å². The van der Waals surface area contributed by atoms with Crippen LogP contribution >= 0.6 is 24.4 Å². The van der Waals surface area contributed by atoms with Crippen molar-refractivity contribution in [3.63, 3.8) is 0 Å². The maximum absolute atomic E-state index is 12.2. The Morgan fingerprint density at radius 2 is 2.05 bits per heavy atom. The third-order valence-electron chi connectivity index (χ3n) is 3.17. The number of thioether (sulfide) groups is 1. The molecule has 5 heteroatoms. The Kier molecular flexibility index (Phi) is 8.11. The highest BCUT2D eigenvalue weighted by atomic mass is 32.2. The van der Waals surface area contributed by atoms with Gasteiger partial charge >= 0.3 is 0 Å². The van der Waals surface area contributed by atoms with E-state index < -0.39 is 6.23 Å². The topological polar surface area (TPSA) is 49.3 Å². The first-order valence-electron chi connectivity index (χ1n) is 6.70. The minimum atomic E-state index is -0.798. The van der Waals surface area contributed by atoms with Crippen LogP contribution in [-0.2, 0) is 11.2 Å². The number of carbonyl (C=O) groups excluding carboxylic acids is 1. The summed E-state index contributed by atoms with van der Waals surface area (Å²) in [5, 5.41) is 12.6. The molecule has 0 spiro atoms. The summed E-state index contributed by atoms with van der Waals surface area (Å²) in [6, 6.07) is 9.86. The predicted molar refractivity (Wildman–Crippen MR) is 89.2 cm³/mol. The normalized spacial score (nSPS) is 15.4. The Balaban J connectivity index is 2.54. The van der Waals surface area contributed by atoms with Crippen LogP contribution < -0.4 is 5.32 Å².